The van der Waals surface area contributed by atoms with Crippen LogP contribution < -0.4 is 0 Å². The van der Waals surface area contributed by atoms with E-state index in [9.17, 15) is 15.8 Å². The van der Waals surface area contributed by atoms with Crippen molar-refractivity contribution in [3.63, 3.8) is 0 Å². The monoisotopic (exact) mass is 942 g/mol. The smallest absolute Gasteiger partial charge is 0.164 e. The van der Waals surface area contributed by atoms with Crippen molar-refractivity contribution in [2.24, 2.45) is 0 Å². The fourth-order valence-corrected chi connectivity index (χ4v) is 10.5. The van der Waals surface area contributed by atoms with Crippen molar-refractivity contribution < 1.29 is 0 Å². The topological polar surface area (TPSA) is 120 Å². The molecule has 8 nitrogen and oxygen atoms in total. The van der Waals surface area contributed by atoms with Gasteiger partial charge in [0.2, 0.25) is 0 Å². The summed E-state index contributed by atoms with van der Waals surface area (Å²) >= 11 is 0. The third-order valence-corrected chi connectivity index (χ3v) is 13.9. The molecule has 8 heteroatoms. The van der Waals surface area contributed by atoms with Crippen LogP contribution in [0.3, 0.4) is 0 Å². The predicted octanol–water partition coefficient (Wildman–Crippen LogP) is 15.7. The summed E-state index contributed by atoms with van der Waals surface area (Å²) in [5.41, 5.74) is 15.1. The van der Waals surface area contributed by atoms with Crippen LogP contribution in [0.15, 0.2) is 231 Å². The number of nitrogens with zero attached hydrogens (tertiary/aromatic N) is 8. The normalized spacial score (nSPS) is 11.2. The molecule has 0 aliphatic carbocycles. The lowest BCUT2D eigenvalue weighted by Gasteiger charge is -2.20. The first-order chi connectivity index (χ1) is 36.6. The number of benzene rings is 10. The van der Waals surface area contributed by atoms with E-state index in [-0.39, 0.29) is 0 Å². The van der Waals surface area contributed by atoms with Crippen LogP contribution in [-0.4, -0.2) is 24.1 Å². The van der Waals surface area contributed by atoms with Gasteiger partial charge in [0.05, 0.1) is 68.3 Å². The van der Waals surface area contributed by atoms with Gasteiger partial charge in [-0.1, -0.05) is 146 Å². The maximum absolute atomic E-state index is 10.7. The van der Waals surface area contributed by atoms with Crippen LogP contribution in [0.5, 0.6) is 0 Å². The first kappa shape index (κ1) is 43.3. The minimum atomic E-state index is 0.494. The van der Waals surface area contributed by atoms with E-state index in [2.05, 4.69) is 130 Å². The molecule has 0 saturated carbocycles. The van der Waals surface area contributed by atoms with Crippen molar-refractivity contribution >= 4 is 43.6 Å². The summed E-state index contributed by atoms with van der Waals surface area (Å²) in [4.78, 5) is 15.4. The Hall–Kier alpha value is -10.7. The molecule has 0 N–H and O–H groups in total. The summed E-state index contributed by atoms with van der Waals surface area (Å²) in [6, 6.07) is 84.4. The van der Waals surface area contributed by atoms with E-state index >= 15 is 0 Å². The van der Waals surface area contributed by atoms with Crippen molar-refractivity contribution in [2.45, 2.75) is 0 Å². The maximum atomic E-state index is 10.7. The van der Waals surface area contributed by atoms with Gasteiger partial charge < -0.3 is 9.13 Å². The number of aromatic nitrogens is 5. The van der Waals surface area contributed by atoms with Gasteiger partial charge in [0.25, 0.3) is 0 Å². The molecule has 0 amide bonds. The Morgan fingerprint density at radius 3 is 1.19 bits per heavy atom. The van der Waals surface area contributed by atoms with Crippen molar-refractivity contribution in [3.8, 4) is 97.1 Å². The molecule has 13 rings (SSSR count). The summed E-state index contributed by atoms with van der Waals surface area (Å²) < 4.78 is 4.59. The van der Waals surface area contributed by atoms with Crippen LogP contribution in [0.1, 0.15) is 16.7 Å². The van der Waals surface area contributed by atoms with Gasteiger partial charge in [-0.05, 0) is 107 Å². The second-order valence-electron chi connectivity index (χ2n) is 18.1. The second-order valence-corrected chi connectivity index (χ2v) is 18.1. The van der Waals surface area contributed by atoms with Gasteiger partial charge >= 0.3 is 0 Å². The number of nitriles is 3. The molecule has 3 heterocycles. The minimum Gasteiger partial charge on any atom is -0.309 e. The molecule has 13 aromatic rings. The van der Waals surface area contributed by atoms with Crippen LogP contribution in [0.25, 0.3) is 123 Å². The Bertz CT molecular complexity index is 4470. The summed E-state index contributed by atoms with van der Waals surface area (Å²) in [5.74, 6) is 1.59. The van der Waals surface area contributed by atoms with E-state index < -0.39 is 0 Å². The first-order valence-electron chi connectivity index (χ1n) is 24.2. The molecule has 10 aromatic carbocycles. The molecule has 0 radical (unpaired) electrons. The SMILES string of the molecule is N#Cc1ccc(-n2c3ccccc3c3cc(-c4ccccc4C#N)ccc32)c(-c2cc(-c3nc(-c4ccccc4)nc(-c4ccccc4)n3)ccc2-n2c3ccccc3c3cc(-c4ccccc4C#N)ccc32)c1. The van der Waals surface area contributed by atoms with Gasteiger partial charge in [0, 0.05) is 49.4 Å². The van der Waals surface area contributed by atoms with Crippen LogP contribution in [0.2, 0.25) is 0 Å². The molecular weight excluding hydrogens is 905 g/mol. The zero-order chi connectivity index (χ0) is 49.7. The Labute approximate surface area is 425 Å². The lowest BCUT2D eigenvalue weighted by molar-refractivity contribution is 1.07. The highest BCUT2D eigenvalue weighted by Crippen LogP contribution is 2.44. The van der Waals surface area contributed by atoms with Crippen LogP contribution in [-0.2, 0) is 0 Å². The Kier molecular flexibility index (Phi) is 10.5. The Morgan fingerprint density at radius 2 is 0.689 bits per heavy atom. The first-order valence-corrected chi connectivity index (χ1v) is 24.2. The predicted molar refractivity (Wildman–Crippen MR) is 295 cm³/mol. The fraction of sp³-hybridized carbons (Fsp3) is 0. The van der Waals surface area contributed by atoms with E-state index in [4.69, 9.17) is 15.0 Å². The van der Waals surface area contributed by atoms with E-state index in [0.717, 1.165) is 105 Å². The van der Waals surface area contributed by atoms with E-state index in [1.807, 2.05) is 127 Å². The molecule has 0 bridgehead atoms. The van der Waals surface area contributed by atoms with Crippen molar-refractivity contribution in [3.05, 3.63) is 247 Å². The molecule has 0 aliphatic rings. The minimum absolute atomic E-state index is 0.494. The van der Waals surface area contributed by atoms with Gasteiger partial charge in [0.1, 0.15) is 0 Å². The molecule has 0 saturated heterocycles. The third kappa shape index (κ3) is 7.25. The second kappa shape index (κ2) is 17.9. The molecule has 0 spiro atoms. The van der Waals surface area contributed by atoms with Gasteiger partial charge in [-0.25, -0.2) is 15.0 Å². The van der Waals surface area contributed by atoms with E-state index in [1.54, 1.807) is 0 Å². The lowest BCUT2D eigenvalue weighted by Crippen LogP contribution is -2.04. The molecule has 74 heavy (non-hydrogen) atoms. The summed E-state index contributed by atoms with van der Waals surface area (Å²) in [6.45, 7) is 0. The van der Waals surface area contributed by atoms with Crippen LogP contribution >= 0.6 is 0 Å². The number of hydrogen-bond donors (Lipinski definition) is 0. The number of para-hydroxylation sites is 2. The Balaban J connectivity index is 1.11. The number of rotatable bonds is 8. The van der Waals surface area contributed by atoms with Gasteiger partial charge in [-0.3, -0.25) is 0 Å². The Morgan fingerprint density at radius 1 is 0.284 bits per heavy atom. The quantitative estimate of drug-likeness (QED) is 0.150. The average Bonchev–Trinajstić information content (AvgIpc) is 4.01. The largest absolute Gasteiger partial charge is 0.309 e. The van der Waals surface area contributed by atoms with E-state index in [0.29, 0.717) is 34.2 Å². The van der Waals surface area contributed by atoms with Crippen LogP contribution in [0.4, 0.5) is 0 Å². The molecule has 0 aliphatic heterocycles. The molecule has 3 aromatic heterocycles. The van der Waals surface area contributed by atoms with Crippen molar-refractivity contribution in [1.82, 2.24) is 24.1 Å². The molecule has 0 unspecified atom stereocenters. The molecule has 0 fully saturated rings. The van der Waals surface area contributed by atoms with Gasteiger partial charge in [-0.2, -0.15) is 15.8 Å². The molecule has 342 valence electrons. The fourth-order valence-electron chi connectivity index (χ4n) is 10.5. The van der Waals surface area contributed by atoms with E-state index in [1.165, 1.54) is 0 Å². The van der Waals surface area contributed by atoms with Crippen LogP contribution in [0, 0.1) is 34.0 Å². The highest BCUT2D eigenvalue weighted by atomic mass is 15.0. The number of hydrogen-bond acceptors (Lipinski definition) is 6. The van der Waals surface area contributed by atoms with Gasteiger partial charge in [-0.15, -0.1) is 0 Å². The zero-order valence-electron chi connectivity index (χ0n) is 39.5. The zero-order valence-corrected chi connectivity index (χ0v) is 39.5. The third-order valence-electron chi connectivity index (χ3n) is 13.9. The highest BCUT2D eigenvalue weighted by molar-refractivity contribution is 6.13. The van der Waals surface area contributed by atoms with Crippen molar-refractivity contribution in [2.75, 3.05) is 0 Å². The molecular formula is C66H38N8. The highest BCUT2D eigenvalue weighted by Gasteiger charge is 2.24. The summed E-state index contributed by atoms with van der Waals surface area (Å²) in [6.07, 6.45) is 0. The standard InChI is InChI=1S/C66H38N8/c67-39-42-27-31-60(73-58-25-13-11-23-52(58)55-36-45(28-32-61(55)73)50-21-9-7-19-48(50)40-68)54(35-42)57-38-47(66-71-64(43-15-3-1-4-16-43)70-65(72-66)44-17-5-2-6-18-44)30-34-63(57)74-59-26-14-12-24-53(59)56-37-46(29-33-62(56)74)51-22-10-8-20-49(51)41-69/h1-38H. The average molecular weight is 943 g/mol. The molecule has 0 atom stereocenters. The summed E-state index contributed by atoms with van der Waals surface area (Å²) in [5, 5.41) is 35.1. The van der Waals surface area contributed by atoms with Crippen molar-refractivity contribution in [1.29, 1.82) is 15.8 Å². The number of fused-ring (bicyclic) bond motifs is 6. The lowest BCUT2D eigenvalue weighted by atomic mass is 9.96. The maximum Gasteiger partial charge on any atom is 0.164 e. The van der Waals surface area contributed by atoms with Gasteiger partial charge in [0.15, 0.2) is 17.5 Å². The summed E-state index contributed by atoms with van der Waals surface area (Å²) in [7, 11) is 0.